The fourth-order valence-electron chi connectivity index (χ4n) is 2.87. The monoisotopic (exact) mass is 377 g/mol. The van der Waals surface area contributed by atoms with Gasteiger partial charge in [0.25, 0.3) is 0 Å². The third-order valence-corrected chi connectivity index (χ3v) is 4.30. The lowest BCUT2D eigenvalue weighted by atomic mass is 10.0. The fourth-order valence-corrected chi connectivity index (χ4v) is 2.87. The number of carbonyl (C=O) groups is 1. The summed E-state index contributed by atoms with van der Waals surface area (Å²) in [5.74, 6) is 0.204. The van der Waals surface area contributed by atoms with Gasteiger partial charge >= 0.3 is 6.61 Å². The Morgan fingerprint density at radius 1 is 1.07 bits per heavy atom. The number of carbonyl (C=O) groups excluding carboxylic acids is 1. The van der Waals surface area contributed by atoms with Gasteiger partial charge < -0.3 is 14.8 Å². The van der Waals surface area contributed by atoms with Crippen molar-refractivity contribution in [2.45, 2.75) is 39.7 Å². The summed E-state index contributed by atoms with van der Waals surface area (Å²) in [4.78, 5) is 12.0. The molecule has 1 amide bonds. The van der Waals surface area contributed by atoms with Crippen LogP contribution in [0.5, 0.6) is 11.5 Å². The summed E-state index contributed by atoms with van der Waals surface area (Å²) in [6.45, 7) is 1.59. The number of nitrogens with one attached hydrogen (secondary N) is 1. The SMILES string of the molecule is COc1ccc(CCNC(=O)CCc2ccc(C)cc2C)cc1OC(F)F. The topological polar surface area (TPSA) is 47.6 Å². The van der Waals surface area contributed by atoms with Crippen molar-refractivity contribution in [3.8, 4) is 11.5 Å². The number of methoxy groups -OCH3 is 1. The molecule has 146 valence electrons. The molecule has 2 aromatic carbocycles. The second kappa shape index (κ2) is 9.90. The first-order valence-electron chi connectivity index (χ1n) is 8.83. The van der Waals surface area contributed by atoms with Crippen molar-refractivity contribution in [2.75, 3.05) is 13.7 Å². The number of alkyl halides is 2. The zero-order chi connectivity index (χ0) is 19.8. The molecular weight excluding hydrogens is 352 g/mol. The van der Waals surface area contributed by atoms with Gasteiger partial charge in [0.05, 0.1) is 7.11 Å². The van der Waals surface area contributed by atoms with Crippen LogP contribution in [-0.4, -0.2) is 26.2 Å². The molecule has 0 saturated carbocycles. The zero-order valence-electron chi connectivity index (χ0n) is 15.9. The summed E-state index contributed by atoms with van der Waals surface area (Å²) in [6, 6.07) is 11.1. The Hall–Kier alpha value is -2.63. The molecule has 0 aliphatic rings. The van der Waals surface area contributed by atoms with Crippen LogP contribution in [0.15, 0.2) is 36.4 Å². The van der Waals surface area contributed by atoms with E-state index in [1.165, 1.54) is 29.9 Å². The lowest BCUT2D eigenvalue weighted by molar-refractivity contribution is -0.121. The van der Waals surface area contributed by atoms with E-state index in [1.54, 1.807) is 12.1 Å². The minimum Gasteiger partial charge on any atom is -0.493 e. The number of hydrogen-bond donors (Lipinski definition) is 1. The highest BCUT2D eigenvalue weighted by Gasteiger charge is 2.11. The van der Waals surface area contributed by atoms with E-state index >= 15 is 0 Å². The maximum atomic E-state index is 12.5. The van der Waals surface area contributed by atoms with E-state index in [2.05, 4.69) is 22.2 Å². The predicted octanol–water partition coefficient (Wildman–Crippen LogP) is 4.20. The van der Waals surface area contributed by atoms with Crippen LogP contribution in [0.2, 0.25) is 0 Å². The van der Waals surface area contributed by atoms with Crippen LogP contribution in [0.1, 0.15) is 28.7 Å². The third-order valence-electron chi connectivity index (χ3n) is 4.30. The average Bonchev–Trinajstić information content (AvgIpc) is 2.61. The first-order valence-corrected chi connectivity index (χ1v) is 8.83. The smallest absolute Gasteiger partial charge is 0.387 e. The van der Waals surface area contributed by atoms with Crippen molar-refractivity contribution in [2.24, 2.45) is 0 Å². The first-order chi connectivity index (χ1) is 12.9. The number of rotatable bonds is 9. The summed E-state index contributed by atoms with van der Waals surface area (Å²) in [6.07, 6.45) is 1.61. The van der Waals surface area contributed by atoms with Gasteiger partial charge in [-0.1, -0.05) is 29.8 Å². The van der Waals surface area contributed by atoms with Crippen LogP contribution >= 0.6 is 0 Å². The molecule has 0 unspecified atom stereocenters. The van der Waals surface area contributed by atoms with Gasteiger partial charge in [0.1, 0.15) is 0 Å². The van der Waals surface area contributed by atoms with E-state index in [1.807, 2.05) is 19.9 Å². The van der Waals surface area contributed by atoms with Crippen molar-refractivity contribution >= 4 is 5.91 Å². The molecule has 0 heterocycles. The molecular formula is C21H25F2NO3. The predicted molar refractivity (Wildman–Crippen MR) is 101 cm³/mol. The Balaban J connectivity index is 1.82. The van der Waals surface area contributed by atoms with Crippen LogP contribution in [0.4, 0.5) is 8.78 Å². The Kier molecular flexibility index (Phi) is 7.58. The van der Waals surface area contributed by atoms with Crippen molar-refractivity contribution in [1.29, 1.82) is 0 Å². The summed E-state index contributed by atoms with van der Waals surface area (Å²) >= 11 is 0. The van der Waals surface area contributed by atoms with Gasteiger partial charge in [-0.3, -0.25) is 4.79 Å². The highest BCUT2D eigenvalue weighted by Crippen LogP contribution is 2.29. The van der Waals surface area contributed by atoms with Gasteiger partial charge in [0, 0.05) is 13.0 Å². The maximum absolute atomic E-state index is 12.5. The van der Waals surface area contributed by atoms with E-state index in [4.69, 9.17) is 4.74 Å². The van der Waals surface area contributed by atoms with Gasteiger partial charge in [0.15, 0.2) is 11.5 Å². The Labute approximate surface area is 158 Å². The summed E-state index contributed by atoms with van der Waals surface area (Å²) in [5.41, 5.74) is 4.34. The van der Waals surface area contributed by atoms with Crippen molar-refractivity contribution in [3.63, 3.8) is 0 Å². The number of amides is 1. The molecule has 0 spiro atoms. The minimum absolute atomic E-state index is 0.00817. The number of hydrogen-bond acceptors (Lipinski definition) is 3. The number of ether oxygens (including phenoxy) is 2. The molecule has 0 aliphatic heterocycles. The normalized spacial score (nSPS) is 10.7. The lowest BCUT2D eigenvalue weighted by Crippen LogP contribution is -2.26. The Morgan fingerprint density at radius 3 is 2.52 bits per heavy atom. The Morgan fingerprint density at radius 2 is 1.85 bits per heavy atom. The van der Waals surface area contributed by atoms with Gasteiger partial charge in [-0.25, -0.2) is 0 Å². The van der Waals surface area contributed by atoms with Crippen LogP contribution in [-0.2, 0) is 17.6 Å². The molecule has 0 aliphatic carbocycles. The van der Waals surface area contributed by atoms with Gasteiger partial charge in [0.2, 0.25) is 5.91 Å². The van der Waals surface area contributed by atoms with Crippen molar-refractivity contribution < 1.29 is 23.0 Å². The average molecular weight is 377 g/mol. The number of aryl methyl sites for hydroxylation is 3. The van der Waals surface area contributed by atoms with E-state index in [9.17, 15) is 13.6 Å². The van der Waals surface area contributed by atoms with Crippen LogP contribution in [0, 0.1) is 13.8 Å². The van der Waals surface area contributed by atoms with Gasteiger partial charge in [-0.15, -0.1) is 0 Å². The van der Waals surface area contributed by atoms with Crippen LogP contribution in [0.25, 0.3) is 0 Å². The Bertz CT molecular complexity index is 778. The van der Waals surface area contributed by atoms with E-state index < -0.39 is 6.61 Å². The quantitative estimate of drug-likeness (QED) is 0.712. The summed E-state index contributed by atoms with van der Waals surface area (Å²) in [7, 11) is 1.39. The fraction of sp³-hybridized carbons (Fsp3) is 0.381. The van der Waals surface area contributed by atoms with Gasteiger partial charge in [-0.05, 0) is 55.5 Å². The van der Waals surface area contributed by atoms with E-state index in [0.717, 1.165) is 5.56 Å². The molecule has 6 heteroatoms. The first kappa shape index (κ1) is 20.7. The summed E-state index contributed by atoms with van der Waals surface area (Å²) < 4.78 is 34.4. The molecule has 0 aromatic heterocycles. The third kappa shape index (κ3) is 6.55. The van der Waals surface area contributed by atoms with Gasteiger partial charge in [-0.2, -0.15) is 8.78 Å². The summed E-state index contributed by atoms with van der Waals surface area (Å²) in [5, 5.41) is 2.86. The molecule has 0 saturated heterocycles. The standard InChI is InChI=1S/C21H25F2NO3/c1-14-4-6-17(15(2)12-14)7-9-20(25)24-11-10-16-5-8-18(26-3)19(13-16)27-21(22)23/h4-6,8,12-13,21H,7,9-11H2,1-3H3,(H,24,25). The molecule has 4 nitrogen and oxygen atoms in total. The second-order valence-electron chi connectivity index (χ2n) is 6.39. The number of halogens is 2. The number of benzene rings is 2. The molecule has 2 rings (SSSR count). The van der Waals surface area contributed by atoms with Crippen LogP contribution in [0.3, 0.4) is 0 Å². The van der Waals surface area contributed by atoms with Crippen molar-refractivity contribution in [1.82, 2.24) is 5.32 Å². The molecule has 0 radical (unpaired) electrons. The van der Waals surface area contributed by atoms with Crippen LogP contribution < -0.4 is 14.8 Å². The maximum Gasteiger partial charge on any atom is 0.387 e. The highest BCUT2D eigenvalue weighted by molar-refractivity contribution is 5.76. The molecule has 0 atom stereocenters. The largest absolute Gasteiger partial charge is 0.493 e. The van der Waals surface area contributed by atoms with E-state index in [-0.39, 0.29) is 17.4 Å². The molecule has 1 N–H and O–H groups in total. The minimum atomic E-state index is -2.92. The molecule has 0 fully saturated rings. The van der Waals surface area contributed by atoms with E-state index in [0.29, 0.717) is 25.8 Å². The second-order valence-corrected chi connectivity index (χ2v) is 6.39. The van der Waals surface area contributed by atoms with Crippen molar-refractivity contribution in [3.05, 3.63) is 58.7 Å². The molecule has 27 heavy (non-hydrogen) atoms. The highest BCUT2D eigenvalue weighted by atomic mass is 19.3. The lowest BCUT2D eigenvalue weighted by Gasteiger charge is -2.12. The molecule has 0 bridgehead atoms. The molecule has 2 aromatic rings. The zero-order valence-corrected chi connectivity index (χ0v) is 15.9.